The Kier molecular flexibility index (Phi) is 2.18. The number of rotatable bonds is 4. The lowest BCUT2D eigenvalue weighted by Crippen LogP contribution is -2.18. The molecule has 0 unspecified atom stereocenters. The quantitative estimate of drug-likeness (QED) is 0.756. The lowest BCUT2D eigenvalue weighted by Gasteiger charge is -2.01. The third-order valence-electron chi connectivity index (χ3n) is 2.00. The summed E-state index contributed by atoms with van der Waals surface area (Å²) in [6, 6.07) is 0. The topological polar surface area (TPSA) is 87.7 Å². The molecule has 7 heteroatoms. The zero-order chi connectivity index (χ0) is 10.2. The van der Waals surface area contributed by atoms with Crippen LogP contribution in [0.3, 0.4) is 0 Å². The Morgan fingerprint density at radius 2 is 2.29 bits per heavy atom. The summed E-state index contributed by atoms with van der Waals surface area (Å²) in [6.45, 7) is 1.71. The van der Waals surface area contributed by atoms with Crippen molar-refractivity contribution < 1.29 is 8.42 Å². The molecule has 6 nitrogen and oxygen atoms in total. The molecule has 2 rings (SSSR count). The zero-order valence-corrected chi connectivity index (χ0v) is 8.63. The maximum absolute atomic E-state index is 11.5. The molecule has 0 aliphatic heterocycles. The number of hydrogen-bond donors (Lipinski definition) is 2. The molecule has 2 N–H and O–H groups in total. The predicted molar refractivity (Wildman–Crippen MR) is 51.3 cm³/mol. The molecule has 1 fully saturated rings. The second-order valence-corrected chi connectivity index (χ2v) is 5.34. The van der Waals surface area contributed by atoms with Crippen LogP contribution in [0.1, 0.15) is 18.7 Å². The lowest BCUT2D eigenvalue weighted by atomic mass is 10.5. The summed E-state index contributed by atoms with van der Waals surface area (Å²) in [4.78, 5) is 3.87. The summed E-state index contributed by atoms with van der Waals surface area (Å²) in [5, 5.41) is 6.27. The number of nitrogens with zero attached hydrogens (tertiary/aromatic N) is 2. The van der Waals surface area contributed by atoms with Crippen molar-refractivity contribution in [3.8, 4) is 0 Å². The summed E-state index contributed by atoms with van der Waals surface area (Å²) in [6.07, 6.45) is 2.02. The Morgan fingerprint density at radius 3 is 2.79 bits per heavy atom. The van der Waals surface area contributed by atoms with Crippen molar-refractivity contribution in [2.45, 2.75) is 19.8 Å². The maximum Gasteiger partial charge on any atom is 0.255 e. The fraction of sp³-hybridized carbons (Fsp3) is 0.714. The third kappa shape index (κ3) is 2.44. The number of H-pyrrole nitrogens is 1. The van der Waals surface area contributed by atoms with E-state index in [9.17, 15) is 8.42 Å². The number of hydrogen-bond acceptors (Lipinski definition) is 4. The van der Waals surface area contributed by atoms with Gasteiger partial charge in [-0.1, -0.05) is 0 Å². The van der Waals surface area contributed by atoms with Crippen molar-refractivity contribution in [1.29, 1.82) is 0 Å². The summed E-state index contributed by atoms with van der Waals surface area (Å²) >= 11 is 0. The van der Waals surface area contributed by atoms with Crippen LogP contribution >= 0.6 is 0 Å². The highest BCUT2D eigenvalue weighted by Crippen LogP contribution is 2.30. The van der Waals surface area contributed by atoms with E-state index in [1.165, 1.54) is 0 Å². The first-order valence-corrected chi connectivity index (χ1v) is 6.10. The van der Waals surface area contributed by atoms with E-state index in [2.05, 4.69) is 19.9 Å². The molecule has 1 aliphatic rings. The van der Waals surface area contributed by atoms with E-state index in [0.717, 1.165) is 12.8 Å². The van der Waals surface area contributed by atoms with Crippen LogP contribution in [-0.4, -0.2) is 29.4 Å². The van der Waals surface area contributed by atoms with Gasteiger partial charge >= 0.3 is 0 Å². The van der Waals surface area contributed by atoms with Crippen LogP contribution in [0.15, 0.2) is 0 Å². The summed E-state index contributed by atoms with van der Waals surface area (Å²) in [5.41, 5.74) is 0. The van der Waals surface area contributed by atoms with Gasteiger partial charge in [0.15, 0.2) is 0 Å². The van der Waals surface area contributed by atoms with Crippen LogP contribution in [0.4, 0.5) is 5.95 Å². The highest BCUT2D eigenvalue weighted by molar-refractivity contribution is 7.92. The normalized spacial score (nSPS) is 16.9. The first-order valence-electron chi connectivity index (χ1n) is 4.45. The molecule has 0 bridgehead atoms. The molecule has 1 heterocycles. The van der Waals surface area contributed by atoms with Gasteiger partial charge < -0.3 is 0 Å². The second kappa shape index (κ2) is 3.23. The van der Waals surface area contributed by atoms with Gasteiger partial charge in [-0.05, 0) is 25.7 Å². The molecule has 78 valence electrons. The minimum absolute atomic E-state index is 0.128. The average molecular weight is 216 g/mol. The van der Waals surface area contributed by atoms with Gasteiger partial charge in [-0.2, -0.15) is 4.98 Å². The SMILES string of the molecule is Cc1nc(NS(=O)(=O)CC2CC2)n[nH]1. The fourth-order valence-corrected chi connectivity index (χ4v) is 2.57. The van der Waals surface area contributed by atoms with Crippen molar-refractivity contribution in [2.24, 2.45) is 5.92 Å². The molecule has 0 spiro atoms. The van der Waals surface area contributed by atoms with E-state index in [-0.39, 0.29) is 11.7 Å². The predicted octanol–water partition coefficient (Wildman–Crippen LogP) is 0.265. The molecule has 0 amide bonds. The number of aryl methyl sites for hydroxylation is 1. The molecule has 0 atom stereocenters. The van der Waals surface area contributed by atoms with E-state index in [0.29, 0.717) is 11.7 Å². The van der Waals surface area contributed by atoms with E-state index in [4.69, 9.17) is 0 Å². The van der Waals surface area contributed by atoms with Gasteiger partial charge in [0, 0.05) is 0 Å². The molecule has 1 aromatic heterocycles. The van der Waals surface area contributed by atoms with Crippen LogP contribution in [0, 0.1) is 12.8 Å². The molecule has 1 aromatic rings. The fourth-order valence-electron chi connectivity index (χ4n) is 1.16. The van der Waals surface area contributed by atoms with Gasteiger partial charge in [0.25, 0.3) is 5.95 Å². The van der Waals surface area contributed by atoms with Crippen molar-refractivity contribution >= 4 is 16.0 Å². The average Bonchev–Trinajstić information content (AvgIpc) is 2.74. The number of nitrogens with one attached hydrogen (secondary N) is 2. The van der Waals surface area contributed by atoms with Crippen molar-refractivity contribution in [3.63, 3.8) is 0 Å². The Balaban J connectivity index is 2.01. The third-order valence-corrected chi connectivity index (χ3v) is 3.40. The zero-order valence-electron chi connectivity index (χ0n) is 7.82. The molecule has 0 saturated heterocycles. The van der Waals surface area contributed by atoms with Crippen LogP contribution in [0.2, 0.25) is 0 Å². The van der Waals surface area contributed by atoms with Crippen LogP contribution in [0.25, 0.3) is 0 Å². The Bertz CT molecular complexity index is 421. The summed E-state index contributed by atoms with van der Waals surface area (Å²) in [7, 11) is -3.25. The molecule has 1 saturated carbocycles. The van der Waals surface area contributed by atoms with Crippen molar-refractivity contribution in [3.05, 3.63) is 5.82 Å². The molecular formula is C7H12N4O2S. The minimum Gasteiger partial charge on any atom is -0.261 e. The first-order chi connectivity index (χ1) is 6.55. The summed E-state index contributed by atoms with van der Waals surface area (Å²) < 4.78 is 25.2. The number of sulfonamides is 1. The molecular weight excluding hydrogens is 204 g/mol. The van der Waals surface area contributed by atoms with Gasteiger partial charge in [-0.25, -0.2) is 13.1 Å². The van der Waals surface area contributed by atoms with Crippen LogP contribution in [0.5, 0.6) is 0 Å². The van der Waals surface area contributed by atoms with Gasteiger partial charge in [0.2, 0.25) is 10.0 Å². The Hall–Kier alpha value is -1.11. The van der Waals surface area contributed by atoms with Gasteiger partial charge in [-0.15, -0.1) is 5.10 Å². The van der Waals surface area contributed by atoms with Gasteiger partial charge in [0.1, 0.15) is 5.82 Å². The van der Waals surface area contributed by atoms with E-state index >= 15 is 0 Å². The van der Waals surface area contributed by atoms with Crippen molar-refractivity contribution in [2.75, 3.05) is 10.5 Å². The highest BCUT2D eigenvalue weighted by Gasteiger charge is 2.28. The van der Waals surface area contributed by atoms with Gasteiger partial charge in [0.05, 0.1) is 5.75 Å². The van der Waals surface area contributed by atoms with Crippen molar-refractivity contribution in [1.82, 2.24) is 15.2 Å². The second-order valence-electron chi connectivity index (χ2n) is 3.57. The first kappa shape index (κ1) is 9.45. The van der Waals surface area contributed by atoms with Gasteiger partial charge in [-0.3, -0.25) is 5.10 Å². The number of anilines is 1. The Morgan fingerprint density at radius 1 is 1.57 bits per heavy atom. The number of aromatic amines is 1. The highest BCUT2D eigenvalue weighted by atomic mass is 32.2. The molecule has 14 heavy (non-hydrogen) atoms. The largest absolute Gasteiger partial charge is 0.261 e. The number of aromatic nitrogens is 3. The standard InChI is InChI=1S/C7H12N4O2S/c1-5-8-7(10-9-5)11-14(12,13)4-6-2-3-6/h6H,2-4H2,1H3,(H2,8,9,10,11). The lowest BCUT2D eigenvalue weighted by molar-refractivity contribution is 0.597. The molecule has 1 aliphatic carbocycles. The minimum atomic E-state index is -3.25. The molecule has 0 aromatic carbocycles. The van der Waals surface area contributed by atoms with E-state index < -0.39 is 10.0 Å². The smallest absolute Gasteiger partial charge is 0.255 e. The van der Waals surface area contributed by atoms with E-state index in [1.807, 2.05) is 0 Å². The Labute approximate surface area is 82.2 Å². The summed E-state index contributed by atoms with van der Waals surface area (Å²) in [5.74, 6) is 1.23. The van der Waals surface area contributed by atoms with Crippen LogP contribution < -0.4 is 4.72 Å². The van der Waals surface area contributed by atoms with Crippen LogP contribution in [-0.2, 0) is 10.0 Å². The molecule has 0 radical (unpaired) electrons. The van der Waals surface area contributed by atoms with E-state index in [1.54, 1.807) is 6.92 Å². The monoisotopic (exact) mass is 216 g/mol. The maximum atomic E-state index is 11.5.